The van der Waals surface area contributed by atoms with Gasteiger partial charge in [-0.1, -0.05) is 6.07 Å². The monoisotopic (exact) mass is 354 g/mol. The van der Waals surface area contributed by atoms with Crippen molar-refractivity contribution in [2.45, 2.75) is 37.5 Å². The van der Waals surface area contributed by atoms with Crippen molar-refractivity contribution in [3.05, 3.63) is 28.2 Å². The summed E-state index contributed by atoms with van der Waals surface area (Å²) in [5.74, 6) is 0.857. The minimum absolute atomic E-state index is 0.252. The van der Waals surface area contributed by atoms with Crippen molar-refractivity contribution in [2.75, 3.05) is 26.8 Å². The number of rotatable bonds is 4. The van der Waals surface area contributed by atoms with Gasteiger partial charge in [-0.2, -0.15) is 0 Å². The minimum atomic E-state index is 0.252. The maximum atomic E-state index is 6.11. The molecule has 0 spiro atoms. The molecule has 1 aliphatic heterocycles. The van der Waals surface area contributed by atoms with E-state index in [1.165, 1.54) is 24.8 Å². The van der Waals surface area contributed by atoms with Gasteiger partial charge in [0.15, 0.2) is 0 Å². The first-order valence-electron chi connectivity index (χ1n) is 7.65. The first-order valence-corrected chi connectivity index (χ1v) is 8.44. The highest BCUT2D eigenvalue weighted by Gasteiger charge is 2.39. The second-order valence-electron chi connectivity index (χ2n) is 5.79. The van der Waals surface area contributed by atoms with Gasteiger partial charge < -0.3 is 15.2 Å². The second-order valence-corrected chi connectivity index (χ2v) is 6.65. The molecule has 1 aliphatic carbocycles. The summed E-state index contributed by atoms with van der Waals surface area (Å²) in [5, 5.41) is 0. The Labute approximate surface area is 134 Å². The van der Waals surface area contributed by atoms with Crippen LogP contribution in [0.4, 0.5) is 0 Å². The van der Waals surface area contributed by atoms with Gasteiger partial charge in [0.25, 0.3) is 0 Å². The maximum Gasteiger partial charge on any atom is 0.133 e. The second kappa shape index (κ2) is 6.65. The van der Waals surface area contributed by atoms with Crippen LogP contribution in [0.15, 0.2) is 22.7 Å². The molecule has 116 valence electrons. The minimum Gasteiger partial charge on any atom is -0.496 e. The molecule has 1 saturated carbocycles. The molecule has 3 atom stereocenters. The number of nitrogens with two attached hydrogens (primary N) is 1. The van der Waals surface area contributed by atoms with Crippen LogP contribution in [-0.4, -0.2) is 43.9 Å². The van der Waals surface area contributed by atoms with Gasteiger partial charge in [-0.15, -0.1) is 0 Å². The molecule has 0 amide bonds. The number of fused-ring (bicyclic) bond motifs is 1. The Morgan fingerprint density at radius 3 is 3.05 bits per heavy atom. The summed E-state index contributed by atoms with van der Waals surface area (Å²) in [6.45, 7) is 2.41. The quantitative estimate of drug-likeness (QED) is 0.902. The van der Waals surface area contributed by atoms with Crippen LogP contribution >= 0.6 is 15.9 Å². The Kier molecular flexibility index (Phi) is 4.84. The average molecular weight is 355 g/mol. The van der Waals surface area contributed by atoms with Crippen LogP contribution in [0.25, 0.3) is 0 Å². The summed E-state index contributed by atoms with van der Waals surface area (Å²) >= 11 is 3.58. The van der Waals surface area contributed by atoms with E-state index >= 15 is 0 Å². The van der Waals surface area contributed by atoms with Gasteiger partial charge in [-0.3, -0.25) is 4.90 Å². The van der Waals surface area contributed by atoms with E-state index in [0.29, 0.717) is 18.7 Å². The van der Waals surface area contributed by atoms with Crippen LogP contribution in [-0.2, 0) is 4.74 Å². The fourth-order valence-corrected chi connectivity index (χ4v) is 4.25. The summed E-state index contributed by atoms with van der Waals surface area (Å²) in [6, 6.07) is 7.04. The third kappa shape index (κ3) is 2.97. The molecule has 1 aromatic rings. The SMILES string of the molecule is COc1ccc(C(CN)N2CCOC3CCCC32)cc1Br. The van der Waals surface area contributed by atoms with Gasteiger partial charge in [-0.25, -0.2) is 0 Å². The number of hydrogen-bond donors (Lipinski definition) is 1. The van der Waals surface area contributed by atoms with E-state index in [1.54, 1.807) is 7.11 Å². The first-order chi connectivity index (χ1) is 10.2. The predicted molar refractivity (Wildman–Crippen MR) is 86.6 cm³/mol. The van der Waals surface area contributed by atoms with Crippen LogP contribution in [0.2, 0.25) is 0 Å². The molecule has 3 unspecified atom stereocenters. The summed E-state index contributed by atoms with van der Waals surface area (Å²) in [7, 11) is 1.69. The molecular formula is C16H23BrN2O2. The predicted octanol–water partition coefficient (Wildman–Crippen LogP) is 2.71. The smallest absolute Gasteiger partial charge is 0.133 e. The lowest BCUT2D eigenvalue weighted by atomic mass is 10.0. The third-order valence-electron chi connectivity index (χ3n) is 4.71. The molecule has 1 saturated heterocycles. The van der Waals surface area contributed by atoms with Gasteiger partial charge in [0.05, 0.1) is 24.3 Å². The molecule has 0 radical (unpaired) electrons. The van der Waals surface area contributed by atoms with Crippen LogP contribution in [0.5, 0.6) is 5.75 Å². The van der Waals surface area contributed by atoms with Crippen molar-refractivity contribution in [1.82, 2.24) is 4.90 Å². The van der Waals surface area contributed by atoms with E-state index in [9.17, 15) is 0 Å². The van der Waals surface area contributed by atoms with E-state index in [-0.39, 0.29) is 6.04 Å². The zero-order chi connectivity index (χ0) is 14.8. The Morgan fingerprint density at radius 1 is 1.48 bits per heavy atom. The standard InChI is InChI=1S/C16H23BrN2O2/c1-20-15-6-5-11(9-12(15)17)14(10-18)19-7-8-21-16-4-2-3-13(16)19/h5-6,9,13-14,16H,2-4,7-8,10,18H2,1H3. The number of morpholine rings is 1. The highest BCUT2D eigenvalue weighted by molar-refractivity contribution is 9.10. The zero-order valence-corrected chi connectivity index (χ0v) is 14.0. The van der Waals surface area contributed by atoms with Gasteiger partial charge in [0, 0.05) is 25.2 Å². The fourth-order valence-electron chi connectivity index (χ4n) is 3.70. The molecule has 0 bridgehead atoms. The average Bonchev–Trinajstić information content (AvgIpc) is 2.97. The summed E-state index contributed by atoms with van der Waals surface area (Å²) in [5.41, 5.74) is 7.36. The van der Waals surface area contributed by atoms with Crippen molar-refractivity contribution in [3.63, 3.8) is 0 Å². The van der Waals surface area contributed by atoms with Gasteiger partial charge >= 0.3 is 0 Å². The molecule has 4 nitrogen and oxygen atoms in total. The van der Waals surface area contributed by atoms with E-state index in [1.807, 2.05) is 6.07 Å². The highest BCUT2D eigenvalue weighted by atomic mass is 79.9. The van der Waals surface area contributed by atoms with Crippen molar-refractivity contribution in [3.8, 4) is 5.75 Å². The number of nitrogens with zero attached hydrogens (tertiary/aromatic N) is 1. The lowest BCUT2D eigenvalue weighted by Crippen LogP contribution is -2.51. The third-order valence-corrected chi connectivity index (χ3v) is 5.33. The lowest BCUT2D eigenvalue weighted by molar-refractivity contribution is -0.0711. The molecule has 2 aliphatic rings. The van der Waals surface area contributed by atoms with Gasteiger partial charge in [0.1, 0.15) is 5.75 Å². The van der Waals surface area contributed by atoms with Crippen molar-refractivity contribution >= 4 is 15.9 Å². The first kappa shape index (κ1) is 15.3. The van der Waals surface area contributed by atoms with Crippen LogP contribution < -0.4 is 10.5 Å². The number of ether oxygens (including phenoxy) is 2. The van der Waals surface area contributed by atoms with E-state index in [4.69, 9.17) is 15.2 Å². The summed E-state index contributed by atoms with van der Waals surface area (Å²) < 4.78 is 12.2. The lowest BCUT2D eigenvalue weighted by Gasteiger charge is -2.42. The number of benzene rings is 1. The topological polar surface area (TPSA) is 47.7 Å². The number of methoxy groups -OCH3 is 1. The van der Waals surface area contributed by atoms with Gasteiger partial charge in [0.2, 0.25) is 0 Å². The summed E-state index contributed by atoms with van der Waals surface area (Å²) in [4.78, 5) is 2.55. The molecule has 3 rings (SSSR count). The van der Waals surface area contributed by atoms with Crippen molar-refractivity contribution in [2.24, 2.45) is 5.73 Å². The normalized spacial score (nSPS) is 27.4. The van der Waals surface area contributed by atoms with E-state index < -0.39 is 0 Å². The number of hydrogen-bond acceptors (Lipinski definition) is 4. The van der Waals surface area contributed by atoms with Gasteiger partial charge in [-0.05, 0) is 52.9 Å². The Hall–Kier alpha value is -0.620. The summed E-state index contributed by atoms with van der Waals surface area (Å²) in [6.07, 6.45) is 4.06. The molecular weight excluding hydrogens is 332 g/mol. The van der Waals surface area contributed by atoms with E-state index in [2.05, 4.69) is 33.0 Å². The van der Waals surface area contributed by atoms with Crippen LogP contribution in [0.1, 0.15) is 30.9 Å². The molecule has 1 aromatic carbocycles. The molecule has 1 heterocycles. The number of halogens is 1. The highest BCUT2D eigenvalue weighted by Crippen LogP contribution is 2.36. The van der Waals surface area contributed by atoms with E-state index in [0.717, 1.165) is 23.4 Å². The Morgan fingerprint density at radius 2 is 2.33 bits per heavy atom. The molecule has 21 heavy (non-hydrogen) atoms. The Balaban J connectivity index is 1.85. The fraction of sp³-hybridized carbons (Fsp3) is 0.625. The molecule has 2 N–H and O–H groups in total. The van der Waals surface area contributed by atoms with Crippen molar-refractivity contribution < 1.29 is 9.47 Å². The molecule has 0 aromatic heterocycles. The zero-order valence-electron chi connectivity index (χ0n) is 12.4. The largest absolute Gasteiger partial charge is 0.496 e. The molecule has 5 heteroatoms. The van der Waals surface area contributed by atoms with Crippen LogP contribution in [0, 0.1) is 0 Å². The maximum absolute atomic E-state index is 6.11. The van der Waals surface area contributed by atoms with Crippen LogP contribution in [0.3, 0.4) is 0 Å². The molecule has 2 fully saturated rings. The Bertz CT molecular complexity index is 497. The van der Waals surface area contributed by atoms with Crippen molar-refractivity contribution in [1.29, 1.82) is 0 Å².